The molecule has 1 amide bonds. The van der Waals surface area contributed by atoms with E-state index < -0.39 is 5.97 Å². The van der Waals surface area contributed by atoms with E-state index in [1.807, 2.05) is 6.07 Å². The number of aromatic carboxylic acids is 1. The number of carboxylic acids is 1. The molecule has 7 heteroatoms. The number of thiocarbonyl (C=S) groups is 1. The van der Waals surface area contributed by atoms with E-state index in [4.69, 9.17) is 23.8 Å². The molecule has 0 aromatic heterocycles. The van der Waals surface area contributed by atoms with Gasteiger partial charge in [-0.05, 0) is 35.4 Å². The number of carbonyl (C=O) groups is 2. The second-order valence-corrected chi connectivity index (χ2v) is 6.96. The standard InChI is InChI=1S/C17H10ClNO3S2/c18-13-7-2-1-4-10(13)9-14-15(20)19(17(23)24-14)12-6-3-5-11(8-12)16(21)22/h1-9H,(H,21,22)/p-1/b14-9+. The summed E-state index contributed by atoms with van der Waals surface area (Å²) in [6.45, 7) is 0. The van der Waals surface area contributed by atoms with Gasteiger partial charge < -0.3 is 9.90 Å². The highest BCUT2D eigenvalue weighted by molar-refractivity contribution is 8.27. The van der Waals surface area contributed by atoms with Crippen molar-refractivity contribution in [3.05, 3.63) is 69.6 Å². The first-order chi connectivity index (χ1) is 11.5. The first-order valence-corrected chi connectivity index (χ1v) is 8.41. The normalized spacial score (nSPS) is 16.0. The first-order valence-electron chi connectivity index (χ1n) is 6.81. The van der Waals surface area contributed by atoms with E-state index in [0.29, 0.717) is 25.5 Å². The van der Waals surface area contributed by atoms with Crippen LogP contribution in [-0.2, 0) is 4.79 Å². The number of halogens is 1. The molecule has 1 heterocycles. The molecular formula is C17H9ClNO3S2-. The fourth-order valence-corrected chi connectivity index (χ4v) is 3.68. The van der Waals surface area contributed by atoms with E-state index in [0.717, 1.165) is 11.8 Å². The summed E-state index contributed by atoms with van der Waals surface area (Å²) in [5.41, 5.74) is 1.08. The van der Waals surface area contributed by atoms with Crippen molar-refractivity contribution in [1.29, 1.82) is 0 Å². The minimum atomic E-state index is -1.31. The minimum absolute atomic E-state index is 0.0170. The molecule has 3 rings (SSSR count). The summed E-state index contributed by atoms with van der Waals surface area (Å²) in [6, 6.07) is 13.1. The molecule has 2 aromatic rings. The average Bonchev–Trinajstić information content (AvgIpc) is 2.83. The van der Waals surface area contributed by atoms with E-state index in [-0.39, 0.29) is 11.5 Å². The van der Waals surface area contributed by atoms with Crippen LogP contribution in [0.15, 0.2) is 53.4 Å². The first kappa shape index (κ1) is 16.7. The van der Waals surface area contributed by atoms with Crippen LogP contribution in [0.4, 0.5) is 5.69 Å². The van der Waals surface area contributed by atoms with Gasteiger partial charge in [0.15, 0.2) is 4.32 Å². The molecular weight excluding hydrogens is 366 g/mol. The van der Waals surface area contributed by atoms with Crippen LogP contribution in [0.3, 0.4) is 0 Å². The summed E-state index contributed by atoms with van der Waals surface area (Å²) in [4.78, 5) is 25.4. The van der Waals surface area contributed by atoms with Crippen molar-refractivity contribution in [3.8, 4) is 0 Å². The van der Waals surface area contributed by atoms with Crippen molar-refractivity contribution in [3.63, 3.8) is 0 Å². The molecule has 1 saturated heterocycles. The number of hydrogen-bond acceptors (Lipinski definition) is 5. The Morgan fingerprint density at radius 2 is 1.96 bits per heavy atom. The lowest BCUT2D eigenvalue weighted by atomic mass is 10.2. The minimum Gasteiger partial charge on any atom is -0.545 e. The monoisotopic (exact) mass is 374 g/mol. The fourth-order valence-electron chi connectivity index (χ4n) is 2.20. The van der Waals surface area contributed by atoms with Gasteiger partial charge >= 0.3 is 0 Å². The van der Waals surface area contributed by atoms with E-state index >= 15 is 0 Å². The molecule has 120 valence electrons. The van der Waals surface area contributed by atoms with Crippen LogP contribution >= 0.6 is 35.6 Å². The number of amides is 1. The third-order valence-corrected chi connectivity index (χ3v) is 4.97. The molecule has 0 bridgehead atoms. The Bertz CT molecular complexity index is 895. The number of nitrogens with zero attached hydrogens (tertiary/aromatic N) is 1. The molecule has 0 unspecified atom stereocenters. The molecule has 0 saturated carbocycles. The van der Waals surface area contributed by atoms with Gasteiger partial charge in [0.1, 0.15) is 0 Å². The quantitative estimate of drug-likeness (QED) is 0.610. The molecule has 1 aliphatic rings. The van der Waals surface area contributed by atoms with Crippen molar-refractivity contribution >= 4 is 63.5 Å². The molecule has 1 fully saturated rings. The SMILES string of the molecule is O=C([O-])c1cccc(N2C(=O)/C(=C\c3ccccc3Cl)SC2=S)c1. The lowest BCUT2D eigenvalue weighted by Gasteiger charge is -2.15. The second-order valence-electron chi connectivity index (χ2n) is 4.88. The summed E-state index contributed by atoms with van der Waals surface area (Å²) >= 11 is 12.5. The van der Waals surface area contributed by atoms with E-state index in [2.05, 4.69) is 0 Å². The second kappa shape index (κ2) is 6.76. The molecule has 0 radical (unpaired) electrons. The highest BCUT2D eigenvalue weighted by atomic mass is 35.5. The zero-order valence-electron chi connectivity index (χ0n) is 12.1. The van der Waals surface area contributed by atoms with Crippen LogP contribution in [0.2, 0.25) is 5.02 Å². The van der Waals surface area contributed by atoms with Gasteiger partial charge in [0.2, 0.25) is 0 Å². The van der Waals surface area contributed by atoms with Crippen LogP contribution in [0.5, 0.6) is 0 Å². The van der Waals surface area contributed by atoms with E-state index in [9.17, 15) is 14.7 Å². The Hall–Kier alpha value is -2.15. The summed E-state index contributed by atoms with van der Waals surface area (Å²) < 4.78 is 0.328. The maximum absolute atomic E-state index is 12.7. The molecule has 24 heavy (non-hydrogen) atoms. The summed E-state index contributed by atoms with van der Waals surface area (Å²) in [6.07, 6.45) is 1.67. The van der Waals surface area contributed by atoms with Gasteiger partial charge in [0.25, 0.3) is 5.91 Å². The maximum atomic E-state index is 12.7. The predicted molar refractivity (Wildman–Crippen MR) is 97.9 cm³/mol. The molecule has 0 aliphatic carbocycles. The van der Waals surface area contributed by atoms with Crippen LogP contribution < -0.4 is 10.0 Å². The number of anilines is 1. The van der Waals surface area contributed by atoms with Crippen LogP contribution in [-0.4, -0.2) is 16.2 Å². The molecule has 0 spiro atoms. The van der Waals surface area contributed by atoms with Gasteiger partial charge in [-0.3, -0.25) is 9.69 Å². The van der Waals surface area contributed by atoms with Gasteiger partial charge in [-0.15, -0.1) is 0 Å². The topological polar surface area (TPSA) is 60.4 Å². The Labute approximate surface area is 152 Å². The van der Waals surface area contributed by atoms with Crippen molar-refractivity contribution in [2.75, 3.05) is 4.90 Å². The molecule has 1 aliphatic heterocycles. The van der Waals surface area contributed by atoms with Gasteiger partial charge in [0.05, 0.1) is 16.6 Å². The van der Waals surface area contributed by atoms with Crippen LogP contribution in [0.1, 0.15) is 15.9 Å². The number of rotatable bonds is 3. The van der Waals surface area contributed by atoms with Gasteiger partial charge in [-0.25, -0.2) is 0 Å². The van der Waals surface area contributed by atoms with Gasteiger partial charge in [-0.1, -0.05) is 65.9 Å². The van der Waals surface area contributed by atoms with Crippen molar-refractivity contribution in [2.24, 2.45) is 0 Å². The summed E-state index contributed by atoms with van der Waals surface area (Å²) in [7, 11) is 0. The molecule has 2 aromatic carbocycles. The fraction of sp³-hybridized carbons (Fsp3) is 0. The van der Waals surface area contributed by atoms with Crippen LogP contribution in [0.25, 0.3) is 6.08 Å². The van der Waals surface area contributed by atoms with Gasteiger partial charge in [-0.2, -0.15) is 0 Å². The lowest BCUT2D eigenvalue weighted by molar-refractivity contribution is -0.255. The Kier molecular flexibility index (Phi) is 4.71. The van der Waals surface area contributed by atoms with Crippen molar-refractivity contribution < 1.29 is 14.7 Å². The Morgan fingerprint density at radius 1 is 1.21 bits per heavy atom. The lowest BCUT2D eigenvalue weighted by Crippen LogP contribution is -2.28. The zero-order chi connectivity index (χ0) is 17.3. The number of thioether (sulfide) groups is 1. The molecule has 4 nitrogen and oxygen atoms in total. The number of carboxylic acid groups (broad SMARTS) is 1. The third kappa shape index (κ3) is 3.21. The Balaban J connectivity index is 1.97. The van der Waals surface area contributed by atoms with E-state index in [1.165, 1.54) is 23.1 Å². The third-order valence-electron chi connectivity index (χ3n) is 3.33. The number of carbonyl (C=O) groups excluding carboxylic acids is 2. The zero-order valence-corrected chi connectivity index (χ0v) is 14.5. The Morgan fingerprint density at radius 3 is 2.67 bits per heavy atom. The van der Waals surface area contributed by atoms with E-state index in [1.54, 1.807) is 30.3 Å². The average molecular weight is 375 g/mol. The van der Waals surface area contributed by atoms with Crippen molar-refractivity contribution in [2.45, 2.75) is 0 Å². The van der Waals surface area contributed by atoms with Gasteiger partial charge in [0, 0.05) is 5.02 Å². The predicted octanol–water partition coefficient (Wildman–Crippen LogP) is 3.11. The smallest absolute Gasteiger partial charge is 0.270 e. The number of benzene rings is 2. The number of hydrogen-bond donors (Lipinski definition) is 0. The summed E-state index contributed by atoms with van der Waals surface area (Å²) in [5.74, 6) is -1.63. The highest BCUT2D eigenvalue weighted by Crippen LogP contribution is 2.36. The molecule has 0 N–H and O–H groups in total. The largest absolute Gasteiger partial charge is 0.545 e. The van der Waals surface area contributed by atoms with Crippen molar-refractivity contribution in [1.82, 2.24) is 0 Å². The molecule has 0 atom stereocenters. The van der Waals surface area contributed by atoms with Crippen LogP contribution in [0, 0.1) is 0 Å². The highest BCUT2D eigenvalue weighted by Gasteiger charge is 2.33. The summed E-state index contributed by atoms with van der Waals surface area (Å²) in [5, 5.41) is 11.5. The maximum Gasteiger partial charge on any atom is 0.270 e.